The second-order valence-electron chi connectivity index (χ2n) is 12.1. The number of nitriles is 1. The molecule has 3 aromatic carbocycles. The van der Waals surface area contributed by atoms with Gasteiger partial charge in [0, 0.05) is 22.9 Å². The predicted octanol–water partition coefficient (Wildman–Crippen LogP) is 5.95. The number of imide groups is 1. The minimum atomic E-state index is -3.45. The molecule has 250 valence electrons. The van der Waals surface area contributed by atoms with Crippen LogP contribution in [0.25, 0.3) is 28.6 Å². The number of carbonyl (C=O) groups is 2. The van der Waals surface area contributed by atoms with Gasteiger partial charge in [0.15, 0.2) is 9.84 Å². The Morgan fingerprint density at radius 1 is 1.02 bits per heavy atom. The first kappa shape index (κ1) is 33.4. The van der Waals surface area contributed by atoms with E-state index in [1.807, 2.05) is 61.5 Å². The van der Waals surface area contributed by atoms with Crippen LogP contribution in [0.2, 0.25) is 0 Å². The molecule has 2 amide bonds. The number of benzene rings is 3. The number of para-hydroxylation sites is 1. The molecule has 0 bridgehead atoms. The van der Waals surface area contributed by atoms with Crippen molar-refractivity contribution in [2.75, 3.05) is 25.2 Å². The largest absolute Gasteiger partial charge is 0.497 e. The predicted molar refractivity (Wildman–Crippen MR) is 187 cm³/mol. The second kappa shape index (κ2) is 13.9. The lowest BCUT2D eigenvalue weighted by Gasteiger charge is -2.32. The fourth-order valence-electron chi connectivity index (χ4n) is 6.17. The fourth-order valence-corrected chi connectivity index (χ4v) is 7.87. The summed E-state index contributed by atoms with van der Waals surface area (Å²) in [6.07, 6.45) is 5.50. The molecule has 1 saturated heterocycles. The number of hydrogen-bond donors (Lipinski definition) is 0. The average molecular weight is 677 g/mol. The Labute approximate surface area is 285 Å². The van der Waals surface area contributed by atoms with Crippen molar-refractivity contribution in [2.24, 2.45) is 0 Å². The number of rotatable bonds is 10. The molecule has 1 fully saturated rings. The summed E-state index contributed by atoms with van der Waals surface area (Å²) in [4.78, 5) is 29.3. The molecule has 3 heterocycles. The topological polar surface area (TPSA) is 132 Å². The van der Waals surface area contributed by atoms with Gasteiger partial charge < -0.3 is 9.47 Å². The van der Waals surface area contributed by atoms with E-state index in [1.165, 1.54) is 7.11 Å². The maximum atomic E-state index is 14.5. The van der Waals surface area contributed by atoms with Crippen molar-refractivity contribution in [2.45, 2.75) is 39.2 Å². The van der Waals surface area contributed by atoms with Gasteiger partial charge in [-0.1, -0.05) is 43.7 Å². The number of aryl methyl sites for hydroxylation is 1. The molecule has 10 nitrogen and oxygen atoms in total. The van der Waals surface area contributed by atoms with Crippen molar-refractivity contribution >= 4 is 33.3 Å². The Hall–Kier alpha value is -5.47. The number of ether oxygens (including phenoxy) is 2. The molecule has 0 N–H and O–H groups in total. The summed E-state index contributed by atoms with van der Waals surface area (Å²) in [5, 5.41) is 15.3. The van der Waals surface area contributed by atoms with Gasteiger partial charge in [-0.15, -0.1) is 0 Å². The van der Waals surface area contributed by atoms with Crippen LogP contribution in [0.3, 0.4) is 0 Å². The van der Waals surface area contributed by atoms with E-state index in [4.69, 9.17) is 14.6 Å². The second-order valence-corrected chi connectivity index (χ2v) is 14.3. The first-order valence-electron chi connectivity index (χ1n) is 16.1. The summed E-state index contributed by atoms with van der Waals surface area (Å²) in [5.74, 6) is -0.652. The van der Waals surface area contributed by atoms with Gasteiger partial charge in [-0.25, -0.2) is 13.1 Å². The highest BCUT2D eigenvalue weighted by molar-refractivity contribution is 7.91. The summed E-state index contributed by atoms with van der Waals surface area (Å²) in [7, 11) is -1.93. The zero-order chi connectivity index (χ0) is 34.7. The highest BCUT2D eigenvalue weighted by Crippen LogP contribution is 2.39. The zero-order valence-corrected chi connectivity index (χ0v) is 28.4. The summed E-state index contributed by atoms with van der Waals surface area (Å²) < 4.78 is 37.9. The summed E-state index contributed by atoms with van der Waals surface area (Å²) in [5.41, 5.74) is 4.05. The van der Waals surface area contributed by atoms with Gasteiger partial charge in [-0.3, -0.25) is 14.5 Å². The van der Waals surface area contributed by atoms with Crippen LogP contribution in [-0.4, -0.2) is 66.2 Å². The SMILES string of the molecule is CCCCOc1ccc(-c2nn(-c3ccccc3)cc2/C=C2\C(=O)N(C3CCS(=O)(=O)C3)C(=O)C(C#N)=C2c2ccc(OC)cc2)cc1C. The van der Waals surface area contributed by atoms with Gasteiger partial charge in [0.1, 0.15) is 23.1 Å². The van der Waals surface area contributed by atoms with E-state index in [0.29, 0.717) is 29.2 Å². The minimum absolute atomic E-state index is 0.0794. The van der Waals surface area contributed by atoms with Crippen LogP contribution < -0.4 is 9.47 Å². The molecule has 1 atom stereocenters. The molecule has 0 spiro atoms. The third-order valence-electron chi connectivity index (χ3n) is 8.73. The van der Waals surface area contributed by atoms with Crippen molar-refractivity contribution < 1.29 is 27.5 Å². The van der Waals surface area contributed by atoms with E-state index in [9.17, 15) is 23.3 Å². The Bertz CT molecular complexity index is 2130. The van der Waals surface area contributed by atoms with E-state index in [1.54, 1.807) is 41.2 Å². The number of hydrogen-bond acceptors (Lipinski definition) is 8. The molecule has 2 aliphatic rings. The smallest absolute Gasteiger partial charge is 0.272 e. The Morgan fingerprint density at radius 3 is 2.39 bits per heavy atom. The van der Waals surface area contributed by atoms with Crippen molar-refractivity contribution in [3.05, 3.63) is 107 Å². The number of carbonyl (C=O) groups excluding carboxylic acids is 2. The van der Waals surface area contributed by atoms with E-state index >= 15 is 0 Å². The zero-order valence-electron chi connectivity index (χ0n) is 27.5. The molecule has 6 rings (SSSR count). The maximum Gasteiger partial charge on any atom is 0.272 e. The third kappa shape index (κ3) is 6.78. The molecular weight excluding hydrogens is 641 g/mol. The summed E-state index contributed by atoms with van der Waals surface area (Å²) in [6.45, 7) is 4.68. The third-order valence-corrected chi connectivity index (χ3v) is 10.5. The lowest BCUT2D eigenvalue weighted by Crippen LogP contribution is -2.49. The Morgan fingerprint density at radius 2 is 1.76 bits per heavy atom. The van der Waals surface area contributed by atoms with E-state index in [0.717, 1.165) is 40.3 Å². The molecule has 0 aliphatic carbocycles. The molecule has 0 radical (unpaired) electrons. The van der Waals surface area contributed by atoms with Crippen LogP contribution >= 0.6 is 0 Å². The van der Waals surface area contributed by atoms with Crippen molar-refractivity contribution in [3.8, 4) is 34.5 Å². The van der Waals surface area contributed by atoms with Crippen LogP contribution in [-0.2, 0) is 19.4 Å². The van der Waals surface area contributed by atoms with Crippen LogP contribution in [0.5, 0.6) is 11.5 Å². The van der Waals surface area contributed by atoms with Gasteiger partial charge in [0.2, 0.25) is 0 Å². The standard InChI is InChI=1S/C38H36N4O6S/c1-4-5-18-48-34-16-13-27(20-25(34)2)36-28(23-41(40-36)29-9-7-6-8-10-29)21-32-35(26-11-14-31(47-3)15-12-26)33(22-39)38(44)42(37(32)43)30-17-19-49(45,46)24-30/h6-16,20-21,23,30H,4-5,17-19,24H2,1-3H3/b32-21-. The lowest BCUT2D eigenvalue weighted by atomic mass is 9.86. The fraction of sp³-hybridized carbons (Fsp3) is 0.263. The summed E-state index contributed by atoms with van der Waals surface area (Å²) in [6, 6.07) is 23.2. The monoisotopic (exact) mass is 676 g/mol. The van der Waals surface area contributed by atoms with Crippen LogP contribution in [0, 0.1) is 18.3 Å². The first-order valence-corrected chi connectivity index (χ1v) is 17.9. The first-order chi connectivity index (χ1) is 23.6. The number of unbranched alkanes of at least 4 members (excludes halogenated alkanes) is 1. The highest BCUT2D eigenvalue weighted by Gasteiger charge is 2.45. The number of nitrogens with zero attached hydrogens (tertiary/aromatic N) is 4. The quantitative estimate of drug-likeness (QED) is 0.114. The normalized spacial score (nSPS) is 18.2. The maximum absolute atomic E-state index is 14.5. The van der Waals surface area contributed by atoms with Gasteiger partial charge in [0.05, 0.1) is 48.2 Å². The number of aromatic nitrogens is 2. The Kier molecular flexibility index (Phi) is 9.51. The molecule has 11 heteroatoms. The van der Waals surface area contributed by atoms with E-state index in [-0.39, 0.29) is 34.6 Å². The van der Waals surface area contributed by atoms with Gasteiger partial charge in [-0.05, 0) is 79.4 Å². The van der Waals surface area contributed by atoms with Crippen molar-refractivity contribution in [1.82, 2.24) is 14.7 Å². The lowest BCUT2D eigenvalue weighted by molar-refractivity contribution is -0.142. The van der Waals surface area contributed by atoms with Crippen LogP contribution in [0.4, 0.5) is 0 Å². The molecule has 4 aromatic rings. The van der Waals surface area contributed by atoms with Gasteiger partial charge >= 0.3 is 0 Å². The van der Waals surface area contributed by atoms with Gasteiger partial charge in [-0.2, -0.15) is 10.4 Å². The van der Waals surface area contributed by atoms with Crippen LogP contribution in [0.15, 0.2) is 90.1 Å². The molecule has 49 heavy (non-hydrogen) atoms. The van der Waals surface area contributed by atoms with E-state index < -0.39 is 27.7 Å². The molecule has 1 aromatic heterocycles. The molecular formula is C38H36N4O6S. The highest BCUT2D eigenvalue weighted by atomic mass is 32.2. The molecule has 0 saturated carbocycles. The van der Waals surface area contributed by atoms with E-state index in [2.05, 4.69) is 6.92 Å². The molecule has 1 unspecified atom stereocenters. The van der Waals surface area contributed by atoms with Crippen LogP contribution in [0.1, 0.15) is 42.9 Å². The minimum Gasteiger partial charge on any atom is -0.497 e. The number of sulfone groups is 1. The summed E-state index contributed by atoms with van der Waals surface area (Å²) >= 11 is 0. The van der Waals surface area contributed by atoms with Crippen molar-refractivity contribution in [1.29, 1.82) is 5.26 Å². The average Bonchev–Trinajstić information content (AvgIpc) is 3.69. The number of amides is 2. The van der Waals surface area contributed by atoms with Gasteiger partial charge in [0.25, 0.3) is 11.8 Å². The van der Waals surface area contributed by atoms with Crippen molar-refractivity contribution in [3.63, 3.8) is 0 Å². The Balaban J connectivity index is 1.56. The molecule has 2 aliphatic heterocycles. The number of methoxy groups -OCH3 is 1.